The lowest BCUT2D eigenvalue weighted by atomic mass is 10.0. The highest BCUT2D eigenvalue weighted by molar-refractivity contribution is 7.52. The first-order chi connectivity index (χ1) is 19.6. The van der Waals surface area contributed by atoms with Gasteiger partial charge in [0.1, 0.15) is 18.2 Å². The smallest absolute Gasteiger partial charge is 0.353 e. The molecule has 0 bridgehead atoms. The summed E-state index contributed by atoms with van der Waals surface area (Å²) in [6, 6.07) is 1.48. The molecule has 2 heterocycles. The lowest BCUT2D eigenvalue weighted by Crippen LogP contribution is -2.18. The third-order valence-electron chi connectivity index (χ3n) is 7.14. The Labute approximate surface area is 248 Å². The van der Waals surface area contributed by atoms with Crippen molar-refractivity contribution in [3.63, 3.8) is 0 Å². The van der Waals surface area contributed by atoms with E-state index < -0.39 is 22.0 Å². The number of anilines is 1. The maximum Gasteiger partial charge on any atom is 0.353 e. The molecule has 0 fully saturated rings. The molecular weight excluding hydrogens is 557 g/mol. The van der Waals surface area contributed by atoms with Gasteiger partial charge in [0.05, 0.1) is 32.2 Å². The molecule has 10 nitrogen and oxygen atoms in total. The van der Waals surface area contributed by atoms with Crippen LogP contribution < -0.4 is 5.73 Å². The third-order valence-corrected chi connectivity index (χ3v) is 10.1. The molecule has 2 rings (SSSR count). The molecule has 0 aliphatic heterocycles. The minimum Gasteiger partial charge on any atom is -0.382 e. The molecule has 41 heavy (non-hydrogen) atoms. The third kappa shape index (κ3) is 16.8. The Morgan fingerprint density at radius 1 is 0.878 bits per heavy atom. The molecule has 0 amide bonds. The highest BCUT2D eigenvalue weighted by Gasteiger charge is 2.22. The van der Waals surface area contributed by atoms with Crippen LogP contribution >= 0.6 is 7.60 Å². The predicted molar refractivity (Wildman–Crippen MR) is 170 cm³/mol. The summed E-state index contributed by atoms with van der Waals surface area (Å²) in [6.45, 7) is 10.6. The van der Waals surface area contributed by atoms with Gasteiger partial charge >= 0.3 is 7.60 Å². The fourth-order valence-electron chi connectivity index (χ4n) is 4.77. The highest BCUT2D eigenvalue weighted by Crippen LogP contribution is 2.41. The Kier molecular flexibility index (Phi) is 17.3. The fraction of sp³-hybridized carbons (Fsp3) is 0.828. The quantitative estimate of drug-likeness (QED) is 0.0667. The summed E-state index contributed by atoms with van der Waals surface area (Å²) in [5.41, 5.74) is 6.92. The molecule has 0 saturated carbocycles. The molecule has 12 heteroatoms. The van der Waals surface area contributed by atoms with Crippen molar-refractivity contribution >= 4 is 32.7 Å². The first kappa shape index (κ1) is 35.8. The van der Waals surface area contributed by atoms with Crippen molar-refractivity contribution in [1.82, 2.24) is 19.5 Å². The average Bonchev–Trinajstić information content (AvgIpc) is 3.32. The van der Waals surface area contributed by atoms with Gasteiger partial charge in [-0.1, -0.05) is 103 Å². The van der Waals surface area contributed by atoms with E-state index in [1.165, 1.54) is 83.0 Å². The summed E-state index contributed by atoms with van der Waals surface area (Å²) in [6.07, 6.45) is 19.5. The van der Waals surface area contributed by atoms with Crippen molar-refractivity contribution in [3.8, 4) is 0 Å². The predicted octanol–water partition coefficient (Wildman–Crippen LogP) is 7.40. The van der Waals surface area contributed by atoms with Gasteiger partial charge in [0.25, 0.3) is 0 Å². The molecule has 0 spiro atoms. The molecule has 236 valence electrons. The summed E-state index contributed by atoms with van der Waals surface area (Å²) in [5, 5.41) is 0. The van der Waals surface area contributed by atoms with Gasteiger partial charge in [0.15, 0.2) is 11.5 Å². The summed E-state index contributed by atoms with van der Waals surface area (Å²) in [5.74, 6) is 0.308. The molecular formula is C29H56N5O5PSi. The molecule has 0 aromatic carbocycles. The number of hydrogen-bond donors (Lipinski definition) is 2. The van der Waals surface area contributed by atoms with E-state index in [2.05, 4.69) is 34.6 Å². The Morgan fingerprint density at radius 3 is 2.07 bits per heavy atom. The van der Waals surface area contributed by atoms with Gasteiger partial charge in [0.2, 0.25) is 0 Å². The van der Waals surface area contributed by atoms with E-state index in [9.17, 15) is 9.46 Å². The van der Waals surface area contributed by atoms with Crippen LogP contribution in [0.4, 0.5) is 5.82 Å². The van der Waals surface area contributed by atoms with E-state index in [4.69, 9.17) is 19.7 Å². The first-order valence-electron chi connectivity index (χ1n) is 15.6. The van der Waals surface area contributed by atoms with Crippen LogP contribution in [0.15, 0.2) is 12.7 Å². The van der Waals surface area contributed by atoms with Crippen LogP contribution in [0.25, 0.3) is 11.2 Å². The second kappa shape index (κ2) is 19.8. The standard InChI is InChI=1S/C29H56N5O5PSi/c1-26(22-34-24-33-27-28(30)31-23-32-29(27)34)38-25-40(35,36)39-20-19-37-18-16-14-12-10-8-6-5-7-9-11-13-15-17-21-41(2,3)4/h23-24,26H,5-22,25H2,1-4H3,(H,35,36)(H2,30,31,32)/t26-/m1/s1. The summed E-state index contributed by atoms with van der Waals surface area (Å²) in [4.78, 5) is 22.4. The number of hydrogen-bond acceptors (Lipinski definition) is 8. The number of unbranched alkanes of at least 4 members (excludes halogenated alkanes) is 12. The first-order valence-corrected chi connectivity index (χ1v) is 21.1. The Bertz CT molecular complexity index is 1020. The normalized spacial score (nSPS) is 14.5. The molecule has 0 aliphatic carbocycles. The number of ether oxygens (including phenoxy) is 2. The fourth-order valence-corrected chi connectivity index (χ4v) is 6.95. The number of aromatic nitrogens is 4. The average molecular weight is 614 g/mol. The highest BCUT2D eigenvalue weighted by atomic mass is 31.2. The number of imidazole rings is 1. The van der Waals surface area contributed by atoms with E-state index in [-0.39, 0.29) is 12.7 Å². The summed E-state index contributed by atoms with van der Waals surface area (Å²) in [7, 11) is -4.69. The van der Waals surface area contributed by atoms with Crippen LogP contribution in [0.2, 0.25) is 25.7 Å². The van der Waals surface area contributed by atoms with Crippen LogP contribution in [0.3, 0.4) is 0 Å². The molecule has 2 atom stereocenters. The second-order valence-corrected chi connectivity index (χ2v) is 19.8. The Morgan fingerprint density at radius 2 is 1.46 bits per heavy atom. The van der Waals surface area contributed by atoms with Gasteiger partial charge in [-0.15, -0.1) is 0 Å². The van der Waals surface area contributed by atoms with Gasteiger partial charge in [0, 0.05) is 14.7 Å². The number of nitrogens with two attached hydrogens (primary N) is 1. The van der Waals surface area contributed by atoms with Crippen molar-refractivity contribution in [1.29, 1.82) is 0 Å². The minimum absolute atomic E-state index is 0.0618. The molecule has 2 aromatic heterocycles. The zero-order chi connectivity index (χ0) is 30.0. The summed E-state index contributed by atoms with van der Waals surface area (Å²) >= 11 is 0. The zero-order valence-electron chi connectivity index (χ0n) is 26.1. The Hall–Kier alpha value is -1.36. The topological polar surface area (TPSA) is 135 Å². The number of nitrogen functional groups attached to an aromatic ring is 1. The summed E-state index contributed by atoms with van der Waals surface area (Å²) < 4.78 is 30.3. The molecule has 0 aliphatic rings. The molecule has 3 N–H and O–H groups in total. The lowest BCUT2D eigenvalue weighted by molar-refractivity contribution is 0.0610. The van der Waals surface area contributed by atoms with E-state index in [0.717, 1.165) is 12.8 Å². The van der Waals surface area contributed by atoms with E-state index in [1.54, 1.807) is 17.8 Å². The van der Waals surface area contributed by atoms with Gasteiger partial charge in [-0.05, 0) is 13.3 Å². The van der Waals surface area contributed by atoms with Crippen molar-refractivity contribution < 1.29 is 23.5 Å². The van der Waals surface area contributed by atoms with Crippen molar-refractivity contribution in [2.45, 2.75) is 129 Å². The van der Waals surface area contributed by atoms with Crippen LogP contribution in [-0.4, -0.2) is 64.8 Å². The maximum absolute atomic E-state index is 12.3. The van der Waals surface area contributed by atoms with Crippen molar-refractivity contribution in [3.05, 3.63) is 12.7 Å². The second-order valence-electron chi connectivity index (χ2n) is 12.4. The van der Waals surface area contributed by atoms with Gasteiger partial charge in [-0.3, -0.25) is 4.57 Å². The lowest BCUT2D eigenvalue weighted by Gasteiger charge is -2.17. The number of rotatable bonds is 25. The van der Waals surface area contributed by atoms with Gasteiger partial charge in [-0.2, -0.15) is 0 Å². The monoisotopic (exact) mass is 613 g/mol. The number of fused-ring (bicyclic) bond motifs is 1. The molecule has 2 aromatic rings. The van der Waals surface area contributed by atoms with Crippen molar-refractivity contribution in [2.24, 2.45) is 0 Å². The van der Waals surface area contributed by atoms with Gasteiger partial charge in [-0.25, -0.2) is 15.0 Å². The van der Waals surface area contributed by atoms with Crippen molar-refractivity contribution in [2.75, 3.05) is 31.9 Å². The zero-order valence-corrected chi connectivity index (χ0v) is 28.0. The van der Waals surface area contributed by atoms with Gasteiger partial charge < -0.3 is 29.2 Å². The molecule has 1 unspecified atom stereocenters. The number of nitrogens with zero attached hydrogens (tertiary/aromatic N) is 4. The van der Waals surface area contributed by atoms with Crippen LogP contribution in [0, 0.1) is 0 Å². The maximum atomic E-state index is 12.3. The minimum atomic E-state index is -3.86. The van der Waals surface area contributed by atoms with E-state index in [0.29, 0.717) is 36.7 Å². The van der Waals surface area contributed by atoms with E-state index in [1.807, 2.05) is 0 Å². The molecule has 0 saturated heterocycles. The van der Waals surface area contributed by atoms with Crippen LogP contribution in [-0.2, 0) is 25.1 Å². The Balaban J connectivity index is 1.36. The van der Waals surface area contributed by atoms with Crippen LogP contribution in [0.1, 0.15) is 90.4 Å². The SMILES string of the molecule is C[C@H](Cn1cnc2c(N)ncnc21)OCP(=O)(O)OCCOCCCCCCCCCCCCCCC[Si](C)(C)C. The molecule has 0 radical (unpaired) electrons. The largest absolute Gasteiger partial charge is 0.382 e. The van der Waals surface area contributed by atoms with E-state index >= 15 is 0 Å². The van der Waals surface area contributed by atoms with Crippen LogP contribution in [0.5, 0.6) is 0 Å².